The first-order valence-corrected chi connectivity index (χ1v) is 7.09. The molecule has 0 fully saturated rings. The smallest absolute Gasteiger partial charge is 0.411 e. The Hall–Kier alpha value is -1.82. The maximum absolute atomic E-state index is 11.6. The molecule has 0 bridgehead atoms. The summed E-state index contributed by atoms with van der Waals surface area (Å²) < 4.78 is 10.6. The first-order chi connectivity index (χ1) is 9.80. The summed E-state index contributed by atoms with van der Waals surface area (Å²) in [6.45, 7) is 7.55. The first kappa shape index (κ1) is 17.2. The molecular formula is C15H24N2O4. The van der Waals surface area contributed by atoms with Crippen LogP contribution in [0, 0.1) is 0 Å². The van der Waals surface area contributed by atoms with E-state index in [0.29, 0.717) is 24.6 Å². The topological polar surface area (TPSA) is 80.7 Å². The summed E-state index contributed by atoms with van der Waals surface area (Å²) in [6.07, 6.45) is 2.16. The van der Waals surface area contributed by atoms with Gasteiger partial charge in [-0.05, 0) is 33.3 Å². The maximum atomic E-state index is 11.6. The number of hydrogen-bond donors (Lipinski definition) is 2. The zero-order valence-corrected chi connectivity index (χ0v) is 13.0. The first-order valence-electron chi connectivity index (χ1n) is 7.09. The molecule has 0 saturated heterocycles. The Labute approximate surface area is 125 Å². The molecule has 0 radical (unpaired) electrons. The van der Waals surface area contributed by atoms with Gasteiger partial charge in [-0.15, -0.1) is 0 Å². The number of amides is 1. The monoisotopic (exact) mass is 296 g/mol. The Balaban J connectivity index is 2.50. The highest BCUT2D eigenvalue weighted by Crippen LogP contribution is 2.16. The Kier molecular flexibility index (Phi) is 6.42. The minimum atomic E-state index is -0.782. The average molecular weight is 296 g/mol. The third kappa shape index (κ3) is 7.51. The second kappa shape index (κ2) is 7.83. The summed E-state index contributed by atoms with van der Waals surface area (Å²) >= 11 is 0. The van der Waals surface area contributed by atoms with Gasteiger partial charge in [0.05, 0.1) is 17.9 Å². The van der Waals surface area contributed by atoms with Crippen LogP contribution in [0.3, 0.4) is 0 Å². The average Bonchev–Trinajstić information content (AvgIpc) is 2.37. The normalized spacial score (nSPS) is 12.6. The molecule has 118 valence electrons. The van der Waals surface area contributed by atoms with Crippen molar-refractivity contribution in [3.8, 4) is 5.88 Å². The predicted molar refractivity (Wildman–Crippen MR) is 80.5 cm³/mol. The van der Waals surface area contributed by atoms with E-state index in [1.807, 2.05) is 13.8 Å². The summed E-state index contributed by atoms with van der Waals surface area (Å²) in [7, 11) is 0. The van der Waals surface area contributed by atoms with Gasteiger partial charge in [0, 0.05) is 18.7 Å². The second-order valence-corrected chi connectivity index (χ2v) is 5.54. The molecule has 1 amide bonds. The lowest BCUT2D eigenvalue weighted by Crippen LogP contribution is -2.22. The fraction of sp³-hybridized carbons (Fsp3) is 0.600. The molecule has 1 rings (SSSR count). The molecule has 0 aliphatic heterocycles. The number of nitrogens with zero attached hydrogens (tertiary/aromatic N) is 1. The molecule has 0 aromatic carbocycles. The number of nitrogens with one attached hydrogen (secondary N) is 1. The van der Waals surface area contributed by atoms with Crippen LogP contribution in [-0.2, 0) is 4.74 Å². The van der Waals surface area contributed by atoms with Crippen LogP contribution in [0.2, 0.25) is 0 Å². The van der Waals surface area contributed by atoms with E-state index in [1.165, 1.54) is 6.20 Å². The largest absolute Gasteiger partial charge is 0.477 e. The van der Waals surface area contributed by atoms with Crippen molar-refractivity contribution < 1.29 is 19.4 Å². The number of aliphatic hydroxyl groups is 1. The molecule has 6 nitrogen and oxygen atoms in total. The van der Waals surface area contributed by atoms with Crippen molar-refractivity contribution >= 4 is 11.8 Å². The standard InChI is InChI=1S/C15H24N2O4/c1-5-11(2)21-14(18)17-12-6-8-16-13(10-12)20-9-7-15(3,4)19/h6,8,10-11,19H,5,7,9H2,1-4H3,(H,16,17,18). The van der Waals surface area contributed by atoms with Gasteiger partial charge in [0.2, 0.25) is 5.88 Å². The highest BCUT2D eigenvalue weighted by molar-refractivity contribution is 5.84. The van der Waals surface area contributed by atoms with E-state index < -0.39 is 11.7 Å². The van der Waals surface area contributed by atoms with Gasteiger partial charge < -0.3 is 14.6 Å². The van der Waals surface area contributed by atoms with Crippen LogP contribution in [0.5, 0.6) is 5.88 Å². The van der Waals surface area contributed by atoms with Crippen molar-refractivity contribution in [3.05, 3.63) is 18.3 Å². The third-order valence-corrected chi connectivity index (χ3v) is 2.83. The fourth-order valence-electron chi connectivity index (χ4n) is 1.38. The lowest BCUT2D eigenvalue weighted by Gasteiger charge is -2.17. The molecule has 0 aliphatic carbocycles. The predicted octanol–water partition coefficient (Wildman–Crippen LogP) is 2.97. The molecule has 1 atom stereocenters. The van der Waals surface area contributed by atoms with Gasteiger partial charge in [0.25, 0.3) is 0 Å². The van der Waals surface area contributed by atoms with E-state index in [0.717, 1.165) is 6.42 Å². The number of hydrogen-bond acceptors (Lipinski definition) is 5. The SMILES string of the molecule is CCC(C)OC(=O)Nc1ccnc(OCCC(C)(C)O)c1. The number of carbonyl (C=O) groups is 1. The van der Waals surface area contributed by atoms with Crippen molar-refractivity contribution in [2.45, 2.75) is 52.2 Å². The summed E-state index contributed by atoms with van der Waals surface area (Å²) in [5.74, 6) is 0.389. The van der Waals surface area contributed by atoms with E-state index in [9.17, 15) is 9.90 Å². The molecule has 1 aromatic rings. The summed E-state index contributed by atoms with van der Waals surface area (Å²) in [5.41, 5.74) is -0.229. The van der Waals surface area contributed by atoms with Crippen molar-refractivity contribution in [1.82, 2.24) is 4.98 Å². The molecule has 0 spiro atoms. The molecule has 21 heavy (non-hydrogen) atoms. The second-order valence-electron chi connectivity index (χ2n) is 5.54. The Morgan fingerprint density at radius 2 is 2.24 bits per heavy atom. The molecule has 2 N–H and O–H groups in total. The van der Waals surface area contributed by atoms with Gasteiger partial charge >= 0.3 is 6.09 Å². The van der Waals surface area contributed by atoms with Crippen LogP contribution in [-0.4, -0.2) is 34.5 Å². The summed E-state index contributed by atoms with van der Waals surface area (Å²) in [5, 5.41) is 12.2. The van der Waals surface area contributed by atoms with Gasteiger partial charge in [0.15, 0.2) is 0 Å². The Morgan fingerprint density at radius 3 is 2.86 bits per heavy atom. The molecule has 6 heteroatoms. The van der Waals surface area contributed by atoms with E-state index in [2.05, 4.69) is 10.3 Å². The van der Waals surface area contributed by atoms with Gasteiger partial charge in [-0.25, -0.2) is 9.78 Å². The quantitative estimate of drug-likeness (QED) is 0.808. The number of pyridine rings is 1. The fourth-order valence-corrected chi connectivity index (χ4v) is 1.38. The van der Waals surface area contributed by atoms with Crippen molar-refractivity contribution in [3.63, 3.8) is 0 Å². The lowest BCUT2D eigenvalue weighted by atomic mass is 10.1. The number of aromatic nitrogens is 1. The molecule has 0 saturated carbocycles. The zero-order valence-electron chi connectivity index (χ0n) is 13.0. The number of rotatable bonds is 7. The van der Waals surface area contributed by atoms with Gasteiger partial charge in [0.1, 0.15) is 6.10 Å². The highest BCUT2D eigenvalue weighted by atomic mass is 16.6. The lowest BCUT2D eigenvalue weighted by molar-refractivity contribution is 0.0547. The number of anilines is 1. The number of carbonyl (C=O) groups excluding carboxylic acids is 1. The van der Waals surface area contributed by atoms with Crippen molar-refractivity contribution in [1.29, 1.82) is 0 Å². The molecule has 0 aliphatic rings. The van der Waals surface area contributed by atoms with Crippen molar-refractivity contribution in [2.24, 2.45) is 0 Å². The maximum Gasteiger partial charge on any atom is 0.411 e. The van der Waals surface area contributed by atoms with Gasteiger partial charge in [-0.1, -0.05) is 6.92 Å². The highest BCUT2D eigenvalue weighted by Gasteiger charge is 2.13. The van der Waals surface area contributed by atoms with Crippen LogP contribution >= 0.6 is 0 Å². The third-order valence-electron chi connectivity index (χ3n) is 2.83. The Bertz CT molecular complexity index is 457. The van der Waals surface area contributed by atoms with Gasteiger partial charge in [-0.3, -0.25) is 5.32 Å². The Morgan fingerprint density at radius 1 is 1.52 bits per heavy atom. The molecule has 1 unspecified atom stereocenters. The van der Waals surface area contributed by atoms with Crippen LogP contribution in [0.4, 0.5) is 10.5 Å². The summed E-state index contributed by atoms with van der Waals surface area (Å²) in [4.78, 5) is 15.7. The van der Waals surface area contributed by atoms with Crippen LogP contribution in [0.1, 0.15) is 40.5 Å². The van der Waals surface area contributed by atoms with Crippen molar-refractivity contribution in [2.75, 3.05) is 11.9 Å². The minimum absolute atomic E-state index is 0.130. The van der Waals surface area contributed by atoms with E-state index in [4.69, 9.17) is 9.47 Å². The van der Waals surface area contributed by atoms with E-state index >= 15 is 0 Å². The number of ether oxygens (including phenoxy) is 2. The van der Waals surface area contributed by atoms with Crippen LogP contribution in [0.15, 0.2) is 18.3 Å². The zero-order chi connectivity index (χ0) is 15.9. The van der Waals surface area contributed by atoms with Crippen LogP contribution in [0.25, 0.3) is 0 Å². The van der Waals surface area contributed by atoms with E-state index in [1.54, 1.807) is 26.0 Å². The minimum Gasteiger partial charge on any atom is -0.477 e. The summed E-state index contributed by atoms with van der Waals surface area (Å²) in [6, 6.07) is 3.27. The van der Waals surface area contributed by atoms with Crippen LogP contribution < -0.4 is 10.1 Å². The molecular weight excluding hydrogens is 272 g/mol. The molecule has 1 aromatic heterocycles. The van der Waals surface area contributed by atoms with Gasteiger partial charge in [-0.2, -0.15) is 0 Å². The molecule has 1 heterocycles. The van der Waals surface area contributed by atoms with E-state index in [-0.39, 0.29) is 6.10 Å².